The van der Waals surface area contributed by atoms with Crippen LogP contribution in [0.3, 0.4) is 0 Å². The lowest BCUT2D eigenvalue weighted by Crippen LogP contribution is -2.53. The average Bonchev–Trinajstić information content (AvgIpc) is 2.32. The van der Waals surface area contributed by atoms with E-state index in [0.717, 1.165) is 10.0 Å². The maximum absolute atomic E-state index is 6.14. The number of rotatable bonds is 3. The molecule has 1 aliphatic heterocycles. The highest BCUT2D eigenvalue weighted by Crippen LogP contribution is 2.30. The smallest absolute Gasteiger partial charge is 0.226 e. The van der Waals surface area contributed by atoms with Gasteiger partial charge >= 0.3 is 0 Å². The fourth-order valence-corrected chi connectivity index (χ4v) is 2.65. The molecule has 1 aromatic carbocycles. The summed E-state index contributed by atoms with van der Waals surface area (Å²) in [6.07, 6.45) is 0. The van der Waals surface area contributed by atoms with Crippen molar-refractivity contribution in [2.24, 2.45) is 21.5 Å². The molecule has 0 amide bonds. The average molecular weight is 395 g/mol. The Morgan fingerprint density at radius 3 is 2.57 bits per heavy atom. The molecule has 1 aliphatic rings. The largest absolute Gasteiger partial charge is 0.368 e. The van der Waals surface area contributed by atoms with E-state index in [0.29, 0.717) is 10.0 Å². The Hall–Kier alpha value is -1.02. The van der Waals surface area contributed by atoms with Gasteiger partial charge in [0.25, 0.3) is 0 Å². The van der Waals surface area contributed by atoms with Gasteiger partial charge in [-0.05, 0) is 41.9 Å². The highest BCUT2D eigenvalue weighted by Gasteiger charge is 2.33. The molecule has 0 radical (unpaired) electrons. The van der Waals surface area contributed by atoms with Crippen LogP contribution in [-0.2, 0) is 11.4 Å². The molecule has 0 aromatic heterocycles. The SMILES string of the molecule is CC1(C)N=C(N)N=C(N)N1OCc1cc(Br)c(Cl)cc1Cl. The first-order valence-corrected chi connectivity index (χ1v) is 7.51. The number of nitrogens with two attached hydrogens (primary N) is 2. The number of nitrogens with zero attached hydrogens (tertiary/aromatic N) is 3. The third-order valence-corrected chi connectivity index (χ3v) is 4.31. The van der Waals surface area contributed by atoms with Gasteiger partial charge in [-0.1, -0.05) is 23.2 Å². The summed E-state index contributed by atoms with van der Waals surface area (Å²) in [6.45, 7) is 3.80. The van der Waals surface area contributed by atoms with Crippen molar-refractivity contribution in [3.8, 4) is 0 Å². The van der Waals surface area contributed by atoms with Crippen molar-refractivity contribution in [1.82, 2.24) is 5.06 Å². The molecule has 0 fully saturated rings. The predicted molar refractivity (Wildman–Crippen MR) is 88.1 cm³/mol. The van der Waals surface area contributed by atoms with E-state index in [1.165, 1.54) is 5.06 Å². The standard InChI is InChI=1S/C12H14BrCl2N5O/c1-12(2)19-10(16)18-11(17)20(12)21-5-6-3-7(13)9(15)4-8(6)14/h3-4H,5H2,1-2H3,(H4,16,17,18,19). The Kier molecular flexibility index (Phi) is 4.67. The Morgan fingerprint density at radius 1 is 1.29 bits per heavy atom. The van der Waals surface area contributed by atoms with E-state index in [2.05, 4.69) is 25.9 Å². The number of guanidine groups is 2. The van der Waals surface area contributed by atoms with Crippen LogP contribution in [0.4, 0.5) is 0 Å². The van der Waals surface area contributed by atoms with Gasteiger partial charge in [-0.25, -0.2) is 4.99 Å². The number of hydrogen-bond donors (Lipinski definition) is 2. The molecule has 0 saturated heterocycles. The molecule has 6 nitrogen and oxygen atoms in total. The van der Waals surface area contributed by atoms with Crippen LogP contribution >= 0.6 is 39.1 Å². The van der Waals surface area contributed by atoms with E-state index in [9.17, 15) is 0 Å². The van der Waals surface area contributed by atoms with Crippen LogP contribution in [0.25, 0.3) is 0 Å². The van der Waals surface area contributed by atoms with Crippen LogP contribution in [0.15, 0.2) is 26.6 Å². The monoisotopic (exact) mass is 393 g/mol. The summed E-state index contributed by atoms with van der Waals surface area (Å²) >= 11 is 15.4. The van der Waals surface area contributed by atoms with Gasteiger partial charge in [-0.3, -0.25) is 4.84 Å². The number of benzene rings is 1. The molecule has 0 saturated carbocycles. The van der Waals surface area contributed by atoms with Gasteiger partial charge in [0, 0.05) is 15.1 Å². The summed E-state index contributed by atoms with van der Waals surface area (Å²) < 4.78 is 0.731. The number of halogens is 3. The van der Waals surface area contributed by atoms with Crippen LogP contribution in [0.1, 0.15) is 19.4 Å². The van der Waals surface area contributed by atoms with Crippen molar-refractivity contribution in [1.29, 1.82) is 0 Å². The van der Waals surface area contributed by atoms with Crippen LogP contribution in [0, 0.1) is 0 Å². The summed E-state index contributed by atoms with van der Waals surface area (Å²) in [5.41, 5.74) is 11.4. The first kappa shape index (κ1) is 16.4. The zero-order valence-corrected chi connectivity index (χ0v) is 14.5. The molecule has 114 valence electrons. The third-order valence-electron chi connectivity index (χ3n) is 2.76. The number of hydroxylamine groups is 2. The van der Waals surface area contributed by atoms with E-state index < -0.39 is 5.66 Å². The van der Waals surface area contributed by atoms with Crippen molar-refractivity contribution < 1.29 is 4.84 Å². The van der Waals surface area contributed by atoms with Crippen molar-refractivity contribution in [2.75, 3.05) is 0 Å². The minimum atomic E-state index is -0.758. The molecule has 0 spiro atoms. The Bertz CT molecular complexity index is 632. The minimum absolute atomic E-state index is 0.115. The molecule has 0 atom stereocenters. The quantitative estimate of drug-likeness (QED) is 0.771. The highest BCUT2D eigenvalue weighted by molar-refractivity contribution is 9.10. The minimum Gasteiger partial charge on any atom is -0.368 e. The molecule has 0 bridgehead atoms. The second-order valence-electron chi connectivity index (χ2n) is 4.86. The van der Waals surface area contributed by atoms with Gasteiger partial charge in [0.15, 0.2) is 5.66 Å². The van der Waals surface area contributed by atoms with Gasteiger partial charge in [-0.2, -0.15) is 10.1 Å². The van der Waals surface area contributed by atoms with Crippen LogP contribution in [-0.4, -0.2) is 22.6 Å². The fourth-order valence-electron chi connectivity index (χ4n) is 1.83. The predicted octanol–water partition coefficient (Wildman–Crippen LogP) is 2.87. The van der Waals surface area contributed by atoms with Gasteiger partial charge < -0.3 is 11.5 Å². The third kappa shape index (κ3) is 3.60. The summed E-state index contributed by atoms with van der Waals surface area (Å²) in [5, 5.41) is 2.42. The molecule has 0 aliphatic carbocycles. The molecule has 1 heterocycles. The molecule has 4 N–H and O–H groups in total. The highest BCUT2D eigenvalue weighted by atomic mass is 79.9. The van der Waals surface area contributed by atoms with Gasteiger partial charge in [0.05, 0.1) is 5.02 Å². The molecule has 2 rings (SSSR count). The van der Waals surface area contributed by atoms with Gasteiger partial charge in [0.1, 0.15) is 6.61 Å². The Balaban J connectivity index is 2.17. The molecule has 21 heavy (non-hydrogen) atoms. The van der Waals surface area contributed by atoms with Crippen molar-refractivity contribution in [3.63, 3.8) is 0 Å². The molecular formula is C12H14BrCl2N5O. The van der Waals surface area contributed by atoms with Gasteiger partial charge in [-0.15, -0.1) is 0 Å². The second kappa shape index (κ2) is 6.00. The van der Waals surface area contributed by atoms with Crippen molar-refractivity contribution in [2.45, 2.75) is 26.1 Å². The summed E-state index contributed by atoms with van der Waals surface area (Å²) in [5.74, 6) is 0.251. The topological polar surface area (TPSA) is 89.2 Å². The first-order chi connectivity index (χ1) is 9.70. The van der Waals surface area contributed by atoms with Crippen molar-refractivity contribution in [3.05, 3.63) is 32.2 Å². The van der Waals surface area contributed by atoms with Crippen LogP contribution in [0.2, 0.25) is 10.0 Å². The Labute approximate surface area is 140 Å². The fraction of sp³-hybridized carbons (Fsp3) is 0.333. The lowest BCUT2D eigenvalue weighted by molar-refractivity contribution is -0.166. The number of aliphatic imine (C=N–C) groups is 2. The molecule has 1 aromatic rings. The number of hydrogen-bond acceptors (Lipinski definition) is 6. The zero-order chi connectivity index (χ0) is 15.8. The second-order valence-corrected chi connectivity index (χ2v) is 6.53. The van der Waals surface area contributed by atoms with E-state index in [4.69, 9.17) is 39.5 Å². The van der Waals surface area contributed by atoms with E-state index >= 15 is 0 Å². The molecule has 0 unspecified atom stereocenters. The Morgan fingerprint density at radius 2 is 1.95 bits per heavy atom. The van der Waals surface area contributed by atoms with Crippen LogP contribution in [0.5, 0.6) is 0 Å². The van der Waals surface area contributed by atoms with Crippen molar-refractivity contribution >= 4 is 51.1 Å². The maximum atomic E-state index is 6.14. The maximum Gasteiger partial charge on any atom is 0.226 e. The zero-order valence-electron chi connectivity index (χ0n) is 11.4. The molecule has 9 heteroatoms. The molecular weight excluding hydrogens is 381 g/mol. The van der Waals surface area contributed by atoms with Gasteiger partial charge in [0.2, 0.25) is 11.9 Å². The van der Waals surface area contributed by atoms with E-state index in [1.807, 2.05) is 0 Å². The first-order valence-electron chi connectivity index (χ1n) is 5.97. The van der Waals surface area contributed by atoms with E-state index in [1.54, 1.807) is 26.0 Å². The summed E-state index contributed by atoms with van der Waals surface area (Å²) in [4.78, 5) is 13.8. The normalized spacial score (nSPS) is 17.5. The van der Waals surface area contributed by atoms with E-state index in [-0.39, 0.29) is 18.5 Å². The summed E-state index contributed by atoms with van der Waals surface area (Å²) in [6, 6.07) is 3.42. The van der Waals surface area contributed by atoms with Crippen LogP contribution < -0.4 is 11.5 Å². The lowest BCUT2D eigenvalue weighted by Gasteiger charge is -2.36. The summed E-state index contributed by atoms with van der Waals surface area (Å²) in [7, 11) is 0. The lowest BCUT2D eigenvalue weighted by atomic mass is 10.2.